The molecule has 234 valence electrons. The molecule has 2 aromatic carbocycles. The van der Waals surface area contributed by atoms with Gasteiger partial charge in [-0.3, -0.25) is 9.97 Å². The SMILES string of the molecule is C[PH+](C)c1ccccc1.C[PH+](C)c1ccccc1.Cc1cc(-c2ccccn2)[n-]n1.FC(F)c1cc(-c2ccccn2)[n-]n1.[Os+2]. The summed E-state index contributed by atoms with van der Waals surface area (Å²) in [4.78, 5) is 8.13. The topological polar surface area (TPSA) is 79.8 Å². The van der Waals surface area contributed by atoms with Crippen LogP contribution in [0, 0.1) is 6.92 Å². The van der Waals surface area contributed by atoms with Crippen molar-refractivity contribution in [3.05, 3.63) is 133 Å². The molecule has 6 aromatic rings. The average Bonchev–Trinajstić information content (AvgIpc) is 3.74. The summed E-state index contributed by atoms with van der Waals surface area (Å²) in [6.07, 6.45) is 0.741. The maximum atomic E-state index is 12.2. The van der Waals surface area contributed by atoms with Crippen LogP contribution in [0.25, 0.3) is 22.8 Å². The monoisotopic (exact) mass is 822 g/mol. The molecule has 6 nitrogen and oxygen atoms in total. The molecule has 4 aromatic heterocycles. The molecule has 0 atom stereocenters. The number of rotatable bonds is 5. The standard InChI is InChI=1S/C9H6F2N3.C9H8N3.2C8H11P.Os/c10-9(11)8-5-7(13-14-8)6-3-1-2-4-12-6;1-7-6-9(12-11-7)8-4-2-3-5-10-8;2*1-9(2)8-6-4-3-5-7-8;/h1-5,9H;2-6H,1H3;2*3-7H,1-2H3;/q2*-1;;;+2/p+2. The predicted molar refractivity (Wildman–Crippen MR) is 184 cm³/mol. The Morgan fingerprint density at radius 3 is 1.31 bits per heavy atom. The van der Waals surface area contributed by atoms with Crippen LogP contribution in [0.3, 0.4) is 0 Å². The summed E-state index contributed by atoms with van der Waals surface area (Å²) in [5.41, 5.74) is 3.25. The van der Waals surface area contributed by atoms with Gasteiger partial charge in [-0.1, -0.05) is 66.0 Å². The number of nitrogens with zero attached hydrogens (tertiary/aromatic N) is 6. The third kappa shape index (κ3) is 13.6. The summed E-state index contributed by atoms with van der Waals surface area (Å²) in [5.74, 6) is 0. The normalized spacial score (nSPS) is 10.1. The maximum Gasteiger partial charge on any atom is 2.00 e. The van der Waals surface area contributed by atoms with E-state index in [-0.39, 0.29) is 41.3 Å². The van der Waals surface area contributed by atoms with Gasteiger partial charge in [0, 0.05) is 45.3 Å². The van der Waals surface area contributed by atoms with E-state index in [1.807, 2.05) is 31.2 Å². The van der Waals surface area contributed by atoms with Crippen LogP contribution in [-0.4, -0.2) is 46.8 Å². The van der Waals surface area contributed by atoms with E-state index in [2.05, 4.69) is 118 Å². The van der Waals surface area contributed by atoms with Crippen molar-refractivity contribution in [2.45, 2.75) is 13.3 Å². The smallest absolute Gasteiger partial charge is 0.574 e. The van der Waals surface area contributed by atoms with Gasteiger partial charge in [0.2, 0.25) is 0 Å². The summed E-state index contributed by atoms with van der Waals surface area (Å²) in [6.45, 7) is 11.1. The Labute approximate surface area is 280 Å². The Balaban J connectivity index is 0.000000211. The Morgan fingerprint density at radius 2 is 1.00 bits per heavy atom. The second kappa shape index (κ2) is 20.5. The number of hydrogen-bond acceptors (Lipinski definition) is 4. The van der Waals surface area contributed by atoms with Gasteiger partial charge in [0.1, 0.15) is 0 Å². The Morgan fingerprint density at radius 1 is 0.578 bits per heavy atom. The number of aryl methyl sites for hydroxylation is 1. The molecule has 0 aliphatic carbocycles. The number of pyridine rings is 2. The third-order valence-corrected chi connectivity index (χ3v) is 8.98. The number of benzene rings is 2. The predicted octanol–water partition coefficient (Wildman–Crippen LogP) is 7.02. The van der Waals surface area contributed by atoms with Crippen molar-refractivity contribution in [2.75, 3.05) is 26.7 Å². The summed E-state index contributed by atoms with van der Waals surface area (Å²) < 4.78 is 24.3. The maximum absolute atomic E-state index is 12.2. The van der Waals surface area contributed by atoms with Gasteiger partial charge in [-0.2, -0.15) is 0 Å². The Hall–Kier alpha value is -3.48. The van der Waals surface area contributed by atoms with Gasteiger partial charge in [0.25, 0.3) is 6.43 Å². The molecule has 0 fully saturated rings. The first-order valence-electron chi connectivity index (χ1n) is 14.0. The zero-order valence-electron chi connectivity index (χ0n) is 25.9. The molecule has 6 rings (SSSR count). The second-order valence-corrected chi connectivity index (χ2v) is 15.1. The summed E-state index contributed by atoms with van der Waals surface area (Å²) in [5, 5.41) is 17.9. The minimum Gasteiger partial charge on any atom is -0.574 e. The molecule has 0 amide bonds. The Bertz CT molecular complexity index is 1560. The van der Waals surface area contributed by atoms with Crippen LogP contribution in [0.5, 0.6) is 0 Å². The van der Waals surface area contributed by atoms with Gasteiger partial charge in [0.15, 0.2) is 0 Å². The van der Waals surface area contributed by atoms with Crippen molar-refractivity contribution in [2.24, 2.45) is 0 Å². The fourth-order valence-corrected chi connectivity index (χ4v) is 5.34. The molecule has 0 unspecified atom stereocenters. The van der Waals surface area contributed by atoms with Gasteiger partial charge in [-0.05, 0) is 61.5 Å². The van der Waals surface area contributed by atoms with Crippen molar-refractivity contribution in [3.8, 4) is 22.8 Å². The van der Waals surface area contributed by atoms with Crippen molar-refractivity contribution in [1.29, 1.82) is 0 Å². The molecule has 4 heterocycles. The number of aromatic nitrogens is 6. The minimum atomic E-state index is -2.58. The molecule has 0 bridgehead atoms. The van der Waals surface area contributed by atoms with Crippen LogP contribution in [0.15, 0.2) is 122 Å². The van der Waals surface area contributed by atoms with Crippen LogP contribution < -0.4 is 20.8 Å². The molecule has 0 N–H and O–H groups in total. The first-order chi connectivity index (χ1) is 21.2. The van der Waals surface area contributed by atoms with Crippen molar-refractivity contribution in [3.63, 3.8) is 0 Å². The molecule has 0 aliphatic heterocycles. The molecule has 0 spiro atoms. The molecular weight excluding hydrogens is 783 g/mol. The molecule has 0 aliphatic rings. The van der Waals surface area contributed by atoms with Crippen LogP contribution >= 0.6 is 15.8 Å². The molecule has 0 radical (unpaired) electrons. The summed E-state index contributed by atoms with van der Waals surface area (Å²) >= 11 is 0. The molecule has 0 saturated heterocycles. The molecule has 45 heavy (non-hydrogen) atoms. The van der Waals surface area contributed by atoms with Gasteiger partial charge in [0.05, 0.1) is 43.0 Å². The first-order valence-corrected chi connectivity index (χ1v) is 19.0. The van der Waals surface area contributed by atoms with E-state index in [4.69, 9.17) is 0 Å². The number of alkyl halides is 2. The van der Waals surface area contributed by atoms with E-state index >= 15 is 0 Å². The van der Waals surface area contributed by atoms with E-state index in [9.17, 15) is 8.78 Å². The van der Waals surface area contributed by atoms with Crippen LogP contribution in [-0.2, 0) is 19.8 Å². The van der Waals surface area contributed by atoms with Crippen molar-refractivity contribution < 1.29 is 28.6 Å². The minimum absolute atomic E-state index is 0. The zero-order valence-corrected chi connectivity index (χ0v) is 30.5. The van der Waals surface area contributed by atoms with Crippen LogP contribution in [0.4, 0.5) is 8.78 Å². The Kier molecular flexibility index (Phi) is 17.2. The van der Waals surface area contributed by atoms with Gasteiger partial charge in [-0.25, -0.2) is 8.78 Å². The van der Waals surface area contributed by atoms with Crippen LogP contribution in [0.1, 0.15) is 17.8 Å². The first kappa shape index (κ1) is 37.7. The number of hydrogen-bond donors (Lipinski definition) is 0. The van der Waals surface area contributed by atoms with Gasteiger partial charge in [-0.15, -0.1) is 0 Å². The van der Waals surface area contributed by atoms with Crippen molar-refractivity contribution in [1.82, 2.24) is 30.4 Å². The van der Waals surface area contributed by atoms with E-state index in [0.717, 1.165) is 17.1 Å². The largest absolute Gasteiger partial charge is 2.00 e. The number of halogens is 2. The average molecular weight is 821 g/mol. The van der Waals surface area contributed by atoms with Gasteiger partial charge < -0.3 is 20.4 Å². The zero-order chi connectivity index (χ0) is 31.7. The van der Waals surface area contributed by atoms with E-state index in [1.54, 1.807) is 30.6 Å². The second-order valence-electron chi connectivity index (χ2n) is 9.99. The van der Waals surface area contributed by atoms with Crippen LogP contribution in [0.2, 0.25) is 0 Å². The molecule has 11 heteroatoms. The van der Waals surface area contributed by atoms with E-state index in [1.165, 1.54) is 16.7 Å². The van der Waals surface area contributed by atoms with E-state index < -0.39 is 6.43 Å². The third-order valence-electron chi connectivity index (χ3n) is 6.00. The van der Waals surface area contributed by atoms with Gasteiger partial charge >= 0.3 is 19.8 Å². The quantitative estimate of drug-likeness (QED) is 0.174. The summed E-state index contributed by atoms with van der Waals surface area (Å²) in [7, 11) is -0.424. The molecular formula is C34H38F2N6OsP2+2. The fourth-order valence-electron chi connectivity index (χ4n) is 3.63. The summed E-state index contributed by atoms with van der Waals surface area (Å²) in [6, 6.07) is 35.5. The fraction of sp³-hybridized carbons (Fsp3) is 0.176. The molecule has 0 saturated carbocycles. The van der Waals surface area contributed by atoms with Crippen molar-refractivity contribution >= 4 is 26.5 Å². The van der Waals surface area contributed by atoms with E-state index in [0.29, 0.717) is 11.4 Å².